The van der Waals surface area contributed by atoms with E-state index >= 15 is 0 Å². The van der Waals surface area contributed by atoms with Crippen LogP contribution in [0.2, 0.25) is 0 Å². The summed E-state index contributed by atoms with van der Waals surface area (Å²) in [5.74, 6) is -0.101. The first-order chi connectivity index (χ1) is 14.6. The molecule has 5 rings (SSSR count). The van der Waals surface area contributed by atoms with Gasteiger partial charge in [-0.2, -0.15) is 0 Å². The molecule has 4 nitrogen and oxygen atoms in total. The number of rotatable bonds is 3. The fourth-order valence-electron chi connectivity index (χ4n) is 4.66. The topological polar surface area (TPSA) is 46.6 Å². The summed E-state index contributed by atoms with van der Waals surface area (Å²) in [6.07, 6.45) is 1.89. The lowest BCUT2D eigenvalue weighted by molar-refractivity contribution is -0.165. The van der Waals surface area contributed by atoms with Gasteiger partial charge in [0.2, 0.25) is 0 Å². The molecular formula is C26H23NO3. The molecule has 1 fully saturated rings. The highest BCUT2D eigenvalue weighted by molar-refractivity contribution is 6.09. The van der Waals surface area contributed by atoms with Gasteiger partial charge in [0.05, 0.1) is 6.42 Å². The standard InChI is InChI=1S/C26H23NO3/c28-24-18-21-8-4-5-9-23(21)26(30-24)14-16-27(17-15-26)22-12-10-20(11-13-22)25(29)19-6-2-1-3-7-19/h1-13H,14-18H2. The number of benzene rings is 3. The van der Waals surface area contributed by atoms with Crippen molar-refractivity contribution in [2.24, 2.45) is 0 Å². The van der Waals surface area contributed by atoms with Gasteiger partial charge in [-0.15, -0.1) is 0 Å². The lowest BCUT2D eigenvalue weighted by atomic mass is 9.79. The number of hydrogen-bond acceptors (Lipinski definition) is 4. The highest BCUT2D eigenvalue weighted by Gasteiger charge is 2.44. The van der Waals surface area contributed by atoms with E-state index in [0.29, 0.717) is 17.5 Å². The van der Waals surface area contributed by atoms with Crippen LogP contribution in [0.4, 0.5) is 5.69 Å². The Balaban J connectivity index is 1.32. The van der Waals surface area contributed by atoms with Crippen LogP contribution < -0.4 is 4.90 Å². The predicted molar refractivity (Wildman–Crippen MR) is 116 cm³/mol. The first kappa shape index (κ1) is 18.6. The normalized spacial score (nSPS) is 17.3. The zero-order valence-electron chi connectivity index (χ0n) is 16.7. The molecule has 0 N–H and O–H groups in total. The Morgan fingerprint density at radius 1 is 0.800 bits per heavy atom. The highest BCUT2D eigenvalue weighted by Crippen LogP contribution is 2.42. The number of fused-ring (bicyclic) bond motifs is 2. The Morgan fingerprint density at radius 3 is 2.17 bits per heavy atom. The number of anilines is 1. The molecule has 150 valence electrons. The molecule has 0 amide bonds. The van der Waals surface area contributed by atoms with E-state index in [2.05, 4.69) is 11.0 Å². The second-order valence-corrected chi connectivity index (χ2v) is 8.03. The van der Waals surface area contributed by atoms with Gasteiger partial charge in [-0.1, -0.05) is 54.6 Å². The number of nitrogens with zero attached hydrogens (tertiary/aromatic N) is 1. The molecule has 2 aliphatic heterocycles. The van der Waals surface area contributed by atoms with Crippen molar-refractivity contribution in [3.8, 4) is 0 Å². The molecular weight excluding hydrogens is 374 g/mol. The maximum Gasteiger partial charge on any atom is 0.311 e. The molecule has 0 aromatic heterocycles. The first-order valence-corrected chi connectivity index (χ1v) is 10.4. The van der Waals surface area contributed by atoms with Gasteiger partial charge >= 0.3 is 5.97 Å². The molecule has 1 spiro atoms. The van der Waals surface area contributed by atoms with Crippen molar-refractivity contribution >= 4 is 17.4 Å². The maximum absolute atomic E-state index is 12.6. The van der Waals surface area contributed by atoms with E-state index in [1.54, 1.807) is 0 Å². The first-order valence-electron chi connectivity index (χ1n) is 10.4. The summed E-state index contributed by atoms with van der Waals surface area (Å²) in [5, 5.41) is 0. The van der Waals surface area contributed by atoms with Crippen molar-refractivity contribution in [2.45, 2.75) is 24.9 Å². The minimum absolute atomic E-state index is 0.0328. The van der Waals surface area contributed by atoms with E-state index in [9.17, 15) is 9.59 Å². The number of hydrogen-bond donors (Lipinski definition) is 0. The zero-order chi connectivity index (χ0) is 20.6. The van der Waals surface area contributed by atoms with Gasteiger partial charge in [-0.3, -0.25) is 9.59 Å². The van der Waals surface area contributed by atoms with Gasteiger partial charge in [0, 0.05) is 42.7 Å². The van der Waals surface area contributed by atoms with Crippen LogP contribution in [0.5, 0.6) is 0 Å². The van der Waals surface area contributed by atoms with Crippen LogP contribution in [0.3, 0.4) is 0 Å². The number of esters is 1. The Labute approximate surface area is 176 Å². The number of carbonyl (C=O) groups is 2. The quantitative estimate of drug-likeness (QED) is 0.482. The number of ketones is 1. The van der Waals surface area contributed by atoms with E-state index < -0.39 is 5.60 Å². The molecule has 0 saturated carbocycles. The average Bonchev–Trinajstić information content (AvgIpc) is 2.80. The Bertz CT molecular complexity index is 1080. The van der Waals surface area contributed by atoms with Crippen LogP contribution in [-0.2, 0) is 21.6 Å². The van der Waals surface area contributed by atoms with Crippen LogP contribution in [-0.4, -0.2) is 24.8 Å². The molecule has 3 aromatic rings. The van der Waals surface area contributed by atoms with Gasteiger partial charge in [-0.25, -0.2) is 0 Å². The maximum atomic E-state index is 12.6. The van der Waals surface area contributed by atoms with Crippen LogP contribution in [0.1, 0.15) is 39.9 Å². The molecule has 30 heavy (non-hydrogen) atoms. The van der Waals surface area contributed by atoms with Gasteiger partial charge in [-0.05, 0) is 35.4 Å². The van der Waals surface area contributed by atoms with E-state index in [0.717, 1.165) is 42.7 Å². The lowest BCUT2D eigenvalue weighted by Gasteiger charge is -2.45. The monoisotopic (exact) mass is 397 g/mol. The summed E-state index contributed by atoms with van der Waals surface area (Å²) in [4.78, 5) is 27.1. The largest absolute Gasteiger partial charge is 0.454 e. The average molecular weight is 397 g/mol. The van der Waals surface area contributed by atoms with Crippen molar-refractivity contribution < 1.29 is 14.3 Å². The third-order valence-electron chi connectivity index (χ3n) is 6.25. The number of piperidine rings is 1. The Hall–Kier alpha value is -3.40. The van der Waals surface area contributed by atoms with E-state index in [-0.39, 0.29) is 11.8 Å². The second-order valence-electron chi connectivity index (χ2n) is 8.03. The highest BCUT2D eigenvalue weighted by atomic mass is 16.6. The van der Waals surface area contributed by atoms with E-state index in [1.807, 2.05) is 72.8 Å². The summed E-state index contributed by atoms with van der Waals surface area (Å²) >= 11 is 0. The zero-order valence-corrected chi connectivity index (χ0v) is 16.7. The minimum atomic E-state index is -0.508. The van der Waals surface area contributed by atoms with Crippen LogP contribution >= 0.6 is 0 Å². The molecule has 0 unspecified atom stereocenters. The summed E-state index contributed by atoms with van der Waals surface area (Å²) in [6.45, 7) is 1.60. The SMILES string of the molecule is O=C1Cc2ccccc2C2(CCN(c3ccc(C(=O)c4ccccc4)cc3)CC2)O1. The fraction of sp³-hybridized carbons (Fsp3) is 0.231. The van der Waals surface area contributed by atoms with E-state index in [1.165, 1.54) is 0 Å². The number of ether oxygens (including phenoxy) is 1. The molecule has 0 aliphatic carbocycles. The molecule has 3 aromatic carbocycles. The van der Waals surface area contributed by atoms with Crippen molar-refractivity contribution in [2.75, 3.05) is 18.0 Å². The Morgan fingerprint density at radius 2 is 1.43 bits per heavy atom. The molecule has 0 radical (unpaired) electrons. The van der Waals surface area contributed by atoms with Crippen molar-refractivity contribution in [1.82, 2.24) is 0 Å². The lowest BCUT2D eigenvalue weighted by Crippen LogP contribution is -2.47. The third kappa shape index (κ3) is 3.28. The molecule has 0 bridgehead atoms. The predicted octanol–water partition coefficient (Wildman–Crippen LogP) is 4.51. The van der Waals surface area contributed by atoms with Gasteiger partial charge < -0.3 is 9.64 Å². The minimum Gasteiger partial charge on any atom is -0.454 e. The van der Waals surface area contributed by atoms with E-state index in [4.69, 9.17) is 4.74 Å². The molecule has 4 heteroatoms. The van der Waals surface area contributed by atoms with Gasteiger partial charge in [0.1, 0.15) is 5.60 Å². The second kappa shape index (κ2) is 7.45. The number of carbonyl (C=O) groups excluding carboxylic acids is 2. The van der Waals surface area contributed by atoms with Crippen LogP contribution in [0.15, 0.2) is 78.9 Å². The van der Waals surface area contributed by atoms with Crippen LogP contribution in [0, 0.1) is 0 Å². The van der Waals surface area contributed by atoms with Crippen molar-refractivity contribution in [3.05, 3.63) is 101 Å². The summed E-state index contributed by atoms with van der Waals surface area (Å²) in [7, 11) is 0. The summed E-state index contributed by atoms with van der Waals surface area (Å²) < 4.78 is 5.91. The van der Waals surface area contributed by atoms with Crippen molar-refractivity contribution in [1.29, 1.82) is 0 Å². The molecule has 1 saturated heterocycles. The van der Waals surface area contributed by atoms with Crippen LogP contribution in [0.25, 0.3) is 0 Å². The third-order valence-corrected chi connectivity index (χ3v) is 6.25. The summed E-state index contributed by atoms with van der Waals surface area (Å²) in [5.41, 5.74) is 4.21. The molecule has 2 aliphatic rings. The smallest absolute Gasteiger partial charge is 0.311 e. The fourth-order valence-corrected chi connectivity index (χ4v) is 4.66. The summed E-state index contributed by atoms with van der Waals surface area (Å²) in [6, 6.07) is 25.3. The molecule has 2 heterocycles. The molecule has 0 atom stereocenters. The van der Waals surface area contributed by atoms with Gasteiger partial charge in [0.25, 0.3) is 0 Å². The van der Waals surface area contributed by atoms with Crippen molar-refractivity contribution in [3.63, 3.8) is 0 Å². The Kier molecular flexibility index (Phi) is 4.62. The van der Waals surface area contributed by atoms with Gasteiger partial charge in [0.15, 0.2) is 5.78 Å².